The summed E-state index contributed by atoms with van der Waals surface area (Å²) in [5.41, 5.74) is -0.567. The highest BCUT2D eigenvalue weighted by molar-refractivity contribution is 6.24. The summed E-state index contributed by atoms with van der Waals surface area (Å²) in [7, 11) is 0. The first-order valence-corrected chi connectivity index (χ1v) is 9.08. The SMILES string of the molecule is CCC(F)(F)c1cncc(NC(=O)C(C(C)=N)C(=O)Nc2ccc(OC(F)F)cc2)c1. The van der Waals surface area contributed by atoms with E-state index >= 15 is 0 Å². The van der Waals surface area contributed by atoms with E-state index in [2.05, 4.69) is 20.4 Å². The second kappa shape index (κ2) is 10.0. The Balaban J connectivity index is 2.12. The van der Waals surface area contributed by atoms with Crippen LogP contribution in [0.25, 0.3) is 0 Å². The maximum absolute atomic E-state index is 13.9. The molecule has 2 rings (SSSR count). The highest BCUT2D eigenvalue weighted by Crippen LogP contribution is 2.32. The molecule has 1 atom stereocenters. The number of hydrogen-bond donors (Lipinski definition) is 3. The van der Waals surface area contributed by atoms with E-state index in [0.717, 1.165) is 18.5 Å². The summed E-state index contributed by atoms with van der Waals surface area (Å²) < 4.78 is 56.3. The molecule has 0 aliphatic rings. The minimum absolute atomic E-state index is 0.0526. The lowest BCUT2D eigenvalue weighted by Gasteiger charge is -2.18. The average Bonchev–Trinajstić information content (AvgIpc) is 2.69. The predicted molar refractivity (Wildman–Crippen MR) is 106 cm³/mol. The normalized spacial score (nSPS) is 12.2. The van der Waals surface area contributed by atoms with Gasteiger partial charge in [-0.15, -0.1) is 0 Å². The average molecular weight is 440 g/mol. The molecule has 31 heavy (non-hydrogen) atoms. The van der Waals surface area contributed by atoms with Crippen molar-refractivity contribution in [2.24, 2.45) is 5.92 Å². The van der Waals surface area contributed by atoms with Crippen LogP contribution in [0.1, 0.15) is 25.8 Å². The van der Waals surface area contributed by atoms with Gasteiger partial charge in [-0.05, 0) is 37.3 Å². The number of pyridine rings is 1. The van der Waals surface area contributed by atoms with Gasteiger partial charge in [0, 0.05) is 29.6 Å². The molecule has 0 aliphatic heterocycles. The number of carbonyl (C=O) groups is 2. The van der Waals surface area contributed by atoms with Crippen LogP contribution < -0.4 is 15.4 Å². The van der Waals surface area contributed by atoms with Gasteiger partial charge in [-0.25, -0.2) is 8.78 Å². The zero-order valence-corrected chi connectivity index (χ0v) is 16.6. The summed E-state index contributed by atoms with van der Waals surface area (Å²) in [6, 6.07) is 6.00. The summed E-state index contributed by atoms with van der Waals surface area (Å²) in [6.45, 7) is -0.459. The van der Waals surface area contributed by atoms with Gasteiger partial charge >= 0.3 is 6.61 Å². The van der Waals surface area contributed by atoms with E-state index in [1.807, 2.05) is 0 Å². The zero-order chi connectivity index (χ0) is 23.2. The lowest BCUT2D eigenvalue weighted by atomic mass is 10.0. The second-order valence-electron chi connectivity index (χ2n) is 6.52. The third kappa shape index (κ3) is 6.49. The Bertz CT molecular complexity index is 952. The van der Waals surface area contributed by atoms with Crippen LogP contribution in [0.3, 0.4) is 0 Å². The molecule has 0 radical (unpaired) electrons. The quantitative estimate of drug-likeness (QED) is 0.305. The monoisotopic (exact) mass is 440 g/mol. The number of amides is 2. The van der Waals surface area contributed by atoms with Crippen LogP contribution in [-0.4, -0.2) is 29.1 Å². The highest BCUT2D eigenvalue weighted by atomic mass is 19.3. The van der Waals surface area contributed by atoms with Crippen LogP contribution in [0.15, 0.2) is 42.7 Å². The van der Waals surface area contributed by atoms with Gasteiger partial charge in [0.1, 0.15) is 5.75 Å². The maximum atomic E-state index is 13.9. The molecular weight excluding hydrogens is 420 g/mol. The number of rotatable bonds is 9. The fourth-order valence-corrected chi connectivity index (χ4v) is 2.57. The van der Waals surface area contributed by atoms with Gasteiger partial charge in [0.05, 0.1) is 11.9 Å². The lowest BCUT2D eigenvalue weighted by Crippen LogP contribution is -2.38. The van der Waals surface area contributed by atoms with Crippen molar-refractivity contribution in [1.82, 2.24) is 4.98 Å². The second-order valence-corrected chi connectivity index (χ2v) is 6.52. The van der Waals surface area contributed by atoms with E-state index in [1.165, 1.54) is 38.1 Å². The number of carbonyl (C=O) groups excluding carboxylic acids is 2. The molecule has 1 heterocycles. The summed E-state index contributed by atoms with van der Waals surface area (Å²) >= 11 is 0. The van der Waals surface area contributed by atoms with Crippen LogP contribution in [0, 0.1) is 11.3 Å². The van der Waals surface area contributed by atoms with Crippen molar-refractivity contribution in [2.45, 2.75) is 32.8 Å². The van der Waals surface area contributed by atoms with Gasteiger partial charge in [-0.1, -0.05) is 6.92 Å². The number of benzene rings is 1. The third-order valence-electron chi connectivity index (χ3n) is 4.18. The van der Waals surface area contributed by atoms with Crippen molar-refractivity contribution in [3.05, 3.63) is 48.3 Å². The number of ether oxygens (including phenoxy) is 1. The number of anilines is 2. The van der Waals surface area contributed by atoms with Crippen molar-refractivity contribution in [3.8, 4) is 5.75 Å². The minimum Gasteiger partial charge on any atom is -0.435 e. The third-order valence-corrected chi connectivity index (χ3v) is 4.18. The van der Waals surface area contributed by atoms with E-state index < -0.39 is 42.3 Å². The number of aromatic nitrogens is 1. The van der Waals surface area contributed by atoms with Crippen LogP contribution in [-0.2, 0) is 15.5 Å². The molecule has 3 N–H and O–H groups in total. The van der Waals surface area contributed by atoms with E-state index in [0.29, 0.717) is 0 Å². The summed E-state index contributed by atoms with van der Waals surface area (Å²) in [5, 5.41) is 12.5. The molecule has 0 saturated heterocycles. The van der Waals surface area contributed by atoms with E-state index in [4.69, 9.17) is 5.41 Å². The molecule has 0 fully saturated rings. The topological polar surface area (TPSA) is 104 Å². The van der Waals surface area contributed by atoms with Crippen LogP contribution in [0.4, 0.5) is 28.9 Å². The summed E-state index contributed by atoms with van der Waals surface area (Å²) in [5.74, 6) is -6.60. The molecule has 1 unspecified atom stereocenters. The van der Waals surface area contributed by atoms with E-state index in [9.17, 15) is 27.2 Å². The molecule has 1 aromatic carbocycles. The van der Waals surface area contributed by atoms with Crippen molar-refractivity contribution < 1.29 is 31.9 Å². The van der Waals surface area contributed by atoms with Crippen molar-refractivity contribution in [2.75, 3.05) is 10.6 Å². The number of halogens is 4. The van der Waals surface area contributed by atoms with Gasteiger partial charge in [0.25, 0.3) is 5.92 Å². The molecule has 0 saturated carbocycles. The molecule has 0 bridgehead atoms. The summed E-state index contributed by atoms with van der Waals surface area (Å²) in [6.07, 6.45) is 1.66. The zero-order valence-electron chi connectivity index (χ0n) is 16.6. The van der Waals surface area contributed by atoms with E-state index in [1.54, 1.807) is 0 Å². The first kappa shape index (κ1) is 23.8. The van der Waals surface area contributed by atoms with Crippen molar-refractivity contribution >= 4 is 28.9 Å². The highest BCUT2D eigenvalue weighted by Gasteiger charge is 2.31. The lowest BCUT2D eigenvalue weighted by molar-refractivity contribution is -0.126. The molecule has 0 aliphatic carbocycles. The number of nitrogens with one attached hydrogen (secondary N) is 3. The van der Waals surface area contributed by atoms with Crippen LogP contribution in [0.5, 0.6) is 5.75 Å². The van der Waals surface area contributed by atoms with Gasteiger partial charge < -0.3 is 20.8 Å². The van der Waals surface area contributed by atoms with Crippen molar-refractivity contribution in [3.63, 3.8) is 0 Å². The standard InChI is InChI=1S/C20H20F4N4O3/c1-3-20(23,24)12-8-14(10-26-9-12)28-18(30)16(11(2)25)17(29)27-13-4-6-15(7-5-13)31-19(21)22/h4-10,16,19,25H,3H2,1-2H3,(H,27,29)(H,28,30). The Labute approximate surface area is 175 Å². The van der Waals surface area contributed by atoms with Gasteiger partial charge in [-0.2, -0.15) is 8.78 Å². The first-order chi connectivity index (χ1) is 14.5. The van der Waals surface area contributed by atoms with Crippen LogP contribution in [0.2, 0.25) is 0 Å². The first-order valence-electron chi connectivity index (χ1n) is 9.08. The Hall–Kier alpha value is -3.50. The predicted octanol–water partition coefficient (Wildman–Crippen LogP) is 4.42. The van der Waals surface area contributed by atoms with Gasteiger partial charge in [-0.3, -0.25) is 14.6 Å². The molecule has 2 amide bonds. The largest absolute Gasteiger partial charge is 0.435 e. The Morgan fingerprint density at radius 2 is 1.68 bits per heavy atom. The molecule has 7 nitrogen and oxygen atoms in total. The Morgan fingerprint density at radius 1 is 1.10 bits per heavy atom. The fourth-order valence-electron chi connectivity index (χ4n) is 2.57. The molecule has 1 aromatic heterocycles. The molecule has 2 aromatic rings. The molecule has 166 valence electrons. The van der Waals surface area contributed by atoms with E-state index in [-0.39, 0.29) is 22.8 Å². The smallest absolute Gasteiger partial charge is 0.387 e. The molecule has 0 spiro atoms. The number of nitrogens with zero attached hydrogens (tertiary/aromatic N) is 1. The van der Waals surface area contributed by atoms with Crippen LogP contribution >= 0.6 is 0 Å². The fraction of sp³-hybridized carbons (Fsp3) is 0.300. The number of hydrogen-bond acceptors (Lipinski definition) is 5. The molecule has 11 heteroatoms. The maximum Gasteiger partial charge on any atom is 0.387 e. The molecular formula is C20H20F4N4O3. The summed E-state index contributed by atoms with van der Waals surface area (Å²) in [4.78, 5) is 28.8. The van der Waals surface area contributed by atoms with Gasteiger partial charge in [0.15, 0.2) is 5.92 Å². The van der Waals surface area contributed by atoms with Gasteiger partial charge in [0.2, 0.25) is 11.8 Å². The van der Waals surface area contributed by atoms with Crippen molar-refractivity contribution in [1.29, 1.82) is 5.41 Å². The minimum atomic E-state index is -3.14. The Morgan fingerprint density at radius 3 is 2.19 bits per heavy atom. The number of alkyl halides is 4. The Kier molecular flexibility index (Phi) is 7.67.